The van der Waals surface area contributed by atoms with E-state index in [1.807, 2.05) is 49.4 Å². The molecule has 6 rings (SSSR count). The molecule has 1 N–H and O–H groups in total. The molecule has 43 heavy (non-hydrogen) atoms. The second kappa shape index (κ2) is 12.0. The van der Waals surface area contributed by atoms with Gasteiger partial charge >= 0.3 is 0 Å². The Bertz CT molecular complexity index is 1970. The lowest BCUT2D eigenvalue weighted by Crippen LogP contribution is -2.27. The minimum absolute atomic E-state index is 0.275. The number of amides is 2. The summed E-state index contributed by atoms with van der Waals surface area (Å²) in [6.07, 6.45) is 1.88. The molecule has 1 fully saturated rings. The predicted molar refractivity (Wildman–Crippen MR) is 179 cm³/mol. The van der Waals surface area contributed by atoms with Crippen LogP contribution in [-0.2, 0) is 11.3 Å². The van der Waals surface area contributed by atoms with Crippen molar-refractivity contribution < 1.29 is 14.0 Å². The number of benzene rings is 4. The molecule has 1 aliphatic heterocycles. The molecule has 2 amide bonds. The Hall–Kier alpha value is -3.95. The summed E-state index contributed by atoms with van der Waals surface area (Å²) in [6.45, 7) is 2.55. The summed E-state index contributed by atoms with van der Waals surface area (Å²) in [5.74, 6) is -1.06. The lowest BCUT2D eigenvalue weighted by atomic mass is 10.1. The summed E-state index contributed by atoms with van der Waals surface area (Å²) in [4.78, 5) is 28.5. The van der Waals surface area contributed by atoms with Crippen LogP contribution in [0.15, 0.2) is 95.9 Å². The Morgan fingerprint density at radius 3 is 2.53 bits per heavy atom. The Balaban J connectivity index is 1.31. The van der Waals surface area contributed by atoms with Gasteiger partial charge in [-0.2, -0.15) is 0 Å². The molecule has 4 aromatic carbocycles. The zero-order valence-electron chi connectivity index (χ0n) is 22.6. The predicted octanol–water partition coefficient (Wildman–Crippen LogP) is 9.10. The number of rotatable bonds is 6. The largest absolute Gasteiger partial charge is 0.340 e. The number of carbonyl (C=O) groups is 2. The number of hydrogen-bond acceptors (Lipinski definition) is 4. The summed E-state index contributed by atoms with van der Waals surface area (Å²) in [5.41, 5.74) is 5.08. The number of halogens is 3. The highest BCUT2D eigenvalue weighted by Crippen LogP contribution is 2.39. The maximum Gasteiger partial charge on any atom is 0.270 e. The summed E-state index contributed by atoms with van der Waals surface area (Å²) in [5, 5.41) is 4.89. The van der Waals surface area contributed by atoms with Crippen LogP contribution < -0.4 is 10.2 Å². The number of thioether (sulfide) groups is 1. The number of fused-ring (bicyclic) bond motifs is 1. The maximum absolute atomic E-state index is 13.7. The summed E-state index contributed by atoms with van der Waals surface area (Å²) in [7, 11) is 0. The van der Waals surface area contributed by atoms with Gasteiger partial charge in [-0.25, -0.2) is 4.39 Å². The van der Waals surface area contributed by atoms with Crippen molar-refractivity contribution in [2.75, 3.05) is 10.2 Å². The zero-order valence-corrected chi connectivity index (χ0v) is 25.8. The van der Waals surface area contributed by atoms with Crippen molar-refractivity contribution >= 4 is 91.7 Å². The van der Waals surface area contributed by atoms with Crippen molar-refractivity contribution in [3.63, 3.8) is 0 Å². The van der Waals surface area contributed by atoms with Crippen molar-refractivity contribution in [2.45, 2.75) is 13.5 Å². The first-order chi connectivity index (χ1) is 20.7. The van der Waals surface area contributed by atoms with Gasteiger partial charge in [0, 0.05) is 50.0 Å². The van der Waals surface area contributed by atoms with Gasteiger partial charge in [-0.1, -0.05) is 77.5 Å². The first kappa shape index (κ1) is 29.1. The molecule has 0 saturated carbocycles. The lowest BCUT2D eigenvalue weighted by Gasteiger charge is -2.15. The van der Waals surface area contributed by atoms with Crippen LogP contribution in [0.4, 0.5) is 15.8 Å². The van der Waals surface area contributed by atoms with Crippen LogP contribution in [0.5, 0.6) is 0 Å². The number of nitrogens with zero attached hydrogens (tertiary/aromatic N) is 2. The first-order valence-electron chi connectivity index (χ1n) is 13.2. The van der Waals surface area contributed by atoms with E-state index in [-0.39, 0.29) is 5.91 Å². The smallest absolute Gasteiger partial charge is 0.270 e. The number of nitrogens with one attached hydrogen (secondary N) is 1. The Kier molecular flexibility index (Phi) is 8.11. The number of aromatic nitrogens is 1. The molecular formula is C33H22Cl2FN3O2S2. The fourth-order valence-corrected chi connectivity index (χ4v) is 6.76. The Labute approximate surface area is 266 Å². The van der Waals surface area contributed by atoms with Crippen molar-refractivity contribution in [3.8, 4) is 0 Å². The number of para-hydroxylation sites is 1. The molecule has 1 saturated heterocycles. The van der Waals surface area contributed by atoms with Gasteiger partial charge in [0.1, 0.15) is 5.82 Å². The normalized spacial score (nSPS) is 14.2. The molecule has 1 aliphatic rings. The van der Waals surface area contributed by atoms with Crippen LogP contribution in [0.2, 0.25) is 10.0 Å². The van der Waals surface area contributed by atoms with Gasteiger partial charge in [-0.15, -0.1) is 0 Å². The van der Waals surface area contributed by atoms with Gasteiger partial charge in [0.05, 0.1) is 10.6 Å². The molecule has 0 aliphatic carbocycles. The van der Waals surface area contributed by atoms with Crippen molar-refractivity contribution in [1.82, 2.24) is 4.57 Å². The topological polar surface area (TPSA) is 54.3 Å². The Morgan fingerprint density at radius 2 is 1.77 bits per heavy atom. The SMILES string of the molecule is Cc1c(/C=C2/SC(=S)N(c3cccc(C(=O)Nc4ccc(F)cc4)c3)C2=O)c2ccccc2n1Cc1ccc(Cl)cc1Cl. The minimum atomic E-state index is -0.395. The second-order valence-electron chi connectivity index (χ2n) is 9.87. The number of carbonyl (C=O) groups excluding carboxylic acids is 2. The van der Waals surface area contributed by atoms with Gasteiger partial charge in [-0.3, -0.25) is 14.5 Å². The van der Waals surface area contributed by atoms with E-state index in [4.69, 9.17) is 35.4 Å². The van der Waals surface area contributed by atoms with Gasteiger partial charge in [0.25, 0.3) is 11.8 Å². The Morgan fingerprint density at radius 1 is 1.00 bits per heavy atom. The van der Waals surface area contributed by atoms with Crippen LogP contribution in [0.1, 0.15) is 27.2 Å². The standard InChI is InChI=1S/C33H22Cl2FN3O2S2/c1-19-27(26-7-2-3-8-29(26)38(19)18-21-9-10-22(34)16-28(21)35)17-30-32(41)39(33(42)43-30)25-6-4-5-20(15-25)31(40)37-24-13-11-23(36)12-14-24/h2-17H,18H2,1H3,(H,37,40)/b30-17+. The van der Waals surface area contributed by atoms with E-state index in [0.717, 1.165) is 27.7 Å². The molecular weight excluding hydrogens is 624 g/mol. The van der Waals surface area contributed by atoms with E-state index >= 15 is 0 Å². The number of hydrogen-bond donors (Lipinski definition) is 1. The van der Waals surface area contributed by atoms with Crippen LogP contribution in [-0.4, -0.2) is 20.7 Å². The van der Waals surface area contributed by atoms with Crippen LogP contribution in [0, 0.1) is 12.7 Å². The first-order valence-corrected chi connectivity index (χ1v) is 15.1. The van der Waals surface area contributed by atoms with Crippen molar-refractivity contribution in [2.24, 2.45) is 0 Å². The zero-order chi connectivity index (χ0) is 30.2. The highest BCUT2D eigenvalue weighted by molar-refractivity contribution is 8.27. The lowest BCUT2D eigenvalue weighted by molar-refractivity contribution is -0.113. The van der Waals surface area contributed by atoms with Crippen molar-refractivity contribution in [1.29, 1.82) is 0 Å². The third-order valence-corrected chi connectivity index (χ3v) is 9.05. The van der Waals surface area contributed by atoms with Gasteiger partial charge < -0.3 is 9.88 Å². The van der Waals surface area contributed by atoms with E-state index in [2.05, 4.69) is 9.88 Å². The van der Waals surface area contributed by atoms with E-state index in [9.17, 15) is 14.0 Å². The van der Waals surface area contributed by atoms with E-state index in [1.54, 1.807) is 30.3 Å². The van der Waals surface area contributed by atoms with Gasteiger partial charge in [0.15, 0.2) is 4.32 Å². The van der Waals surface area contributed by atoms with Gasteiger partial charge in [0.2, 0.25) is 0 Å². The number of thiocarbonyl (C=S) groups is 1. The highest BCUT2D eigenvalue weighted by atomic mass is 35.5. The van der Waals surface area contributed by atoms with Crippen molar-refractivity contribution in [3.05, 3.63) is 134 Å². The summed E-state index contributed by atoms with van der Waals surface area (Å²) < 4.78 is 15.8. The average Bonchev–Trinajstić information content (AvgIpc) is 3.42. The van der Waals surface area contributed by atoms with E-state index < -0.39 is 11.7 Å². The fourth-order valence-electron chi connectivity index (χ4n) is 5.01. The molecule has 0 bridgehead atoms. The minimum Gasteiger partial charge on any atom is -0.340 e. The molecule has 0 unspecified atom stereocenters. The average molecular weight is 647 g/mol. The summed E-state index contributed by atoms with van der Waals surface area (Å²) >= 11 is 19.4. The molecule has 0 radical (unpaired) electrons. The number of anilines is 2. The molecule has 1 aromatic heterocycles. The van der Waals surface area contributed by atoms with Crippen LogP contribution in [0.3, 0.4) is 0 Å². The van der Waals surface area contributed by atoms with E-state index in [0.29, 0.717) is 42.8 Å². The quantitative estimate of drug-likeness (QED) is 0.148. The highest BCUT2D eigenvalue weighted by Gasteiger charge is 2.34. The molecule has 214 valence electrons. The molecule has 5 aromatic rings. The monoisotopic (exact) mass is 645 g/mol. The maximum atomic E-state index is 13.7. The van der Waals surface area contributed by atoms with Gasteiger partial charge in [-0.05, 0) is 79.2 Å². The summed E-state index contributed by atoms with van der Waals surface area (Å²) in [6, 6.07) is 25.6. The third kappa shape index (κ3) is 5.84. The van der Waals surface area contributed by atoms with Crippen LogP contribution >= 0.6 is 47.2 Å². The molecule has 0 spiro atoms. The molecule has 5 nitrogen and oxygen atoms in total. The molecule has 0 atom stereocenters. The fraction of sp³-hybridized carbons (Fsp3) is 0.0606. The molecule has 10 heteroatoms. The second-order valence-corrected chi connectivity index (χ2v) is 12.4. The third-order valence-electron chi connectivity index (χ3n) is 7.16. The van der Waals surface area contributed by atoms with Crippen LogP contribution in [0.25, 0.3) is 17.0 Å². The van der Waals surface area contributed by atoms with E-state index in [1.165, 1.54) is 40.9 Å². The molecule has 2 heterocycles.